The quantitative estimate of drug-likeness (QED) is 0.735. The number of aromatic nitrogens is 1. The van der Waals surface area contributed by atoms with Crippen molar-refractivity contribution in [1.82, 2.24) is 9.47 Å². The van der Waals surface area contributed by atoms with Crippen LogP contribution in [-0.2, 0) is 20.0 Å². The normalized spacial score (nSPS) is 21.0. The van der Waals surface area contributed by atoms with Crippen LogP contribution in [0.25, 0.3) is 10.9 Å². The molecule has 1 aliphatic heterocycles. The molecule has 3 nitrogen and oxygen atoms in total. The zero-order valence-electron chi connectivity index (χ0n) is 15.9. The topological polar surface area (TPSA) is 28.4 Å². The van der Waals surface area contributed by atoms with E-state index >= 15 is 0 Å². The highest BCUT2D eigenvalue weighted by atomic mass is 19.1. The van der Waals surface area contributed by atoms with E-state index in [1.165, 1.54) is 28.6 Å². The number of nitrogens with zero attached hydrogens (tertiary/aromatic N) is 2. The third-order valence-corrected chi connectivity index (χ3v) is 5.94. The van der Waals surface area contributed by atoms with E-state index in [1.807, 2.05) is 12.1 Å². The summed E-state index contributed by atoms with van der Waals surface area (Å²) >= 11 is 0. The predicted octanol–water partition coefficient (Wildman–Crippen LogP) is 4.13. The van der Waals surface area contributed by atoms with Gasteiger partial charge >= 0.3 is 0 Å². The number of aryl methyl sites for hydroxylation is 1. The molecule has 4 rings (SSSR count). The first-order valence-electron chi connectivity index (χ1n) is 9.69. The van der Waals surface area contributed by atoms with Gasteiger partial charge in [-0.15, -0.1) is 0 Å². The minimum absolute atomic E-state index is 0.152. The minimum atomic E-state index is -0.210. The molecule has 0 radical (unpaired) electrons. The van der Waals surface area contributed by atoms with Crippen LogP contribution in [0.1, 0.15) is 24.0 Å². The second kappa shape index (κ2) is 7.45. The summed E-state index contributed by atoms with van der Waals surface area (Å²) in [7, 11) is 2.09. The molecular weight excluding hydrogens is 339 g/mol. The van der Waals surface area contributed by atoms with Crippen molar-refractivity contribution in [3.05, 3.63) is 71.7 Å². The Kier molecular flexibility index (Phi) is 5.02. The Bertz CT molecular complexity index is 918. The van der Waals surface area contributed by atoms with Gasteiger partial charge < -0.3 is 9.67 Å². The standard InChI is InChI=1S/C23H27FN2O/c1-25-14-19(21-5-2-3-6-22(21)25)15-26-12-4-11-23(16-26,17-27)13-18-7-9-20(24)10-8-18/h2-3,5-10,14,27H,4,11-13,15-17H2,1H3. The van der Waals surface area contributed by atoms with Crippen LogP contribution >= 0.6 is 0 Å². The van der Waals surface area contributed by atoms with Crippen molar-refractivity contribution >= 4 is 10.9 Å². The maximum atomic E-state index is 13.2. The molecule has 1 N–H and O–H groups in total. The van der Waals surface area contributed by atoms with Gasteiger partial charge in [0.15, 0.2) is 0 Å². The summed E-state index contributed by atoms with van der Waals surface area (Å²) in [4.78, 5) is 2.46. The SMILES string of the molecule is Cn1cc(CN2CCCC(CO)(Cc3ccc(F)cc3)C2)c2ccccc21. The molecule has 4 heteroatoms. The smallest absolute Gasteiger partial charge is 0.123 e. The second-order valence-corrected chi connectivity index (χ2v) is 8.06. The van der Waals surface area contributed by atoms with E-state index in [0.29, 0.717) is 0 Å². The van der Waals surface area contributed by atoms with Crippen LogP contribution in [0.3, 0.4) is 0 Å². The van der Waals surface area contributed by atoms with Crippen LogP contribution in [0, 0.1) is 11.2 Å². The molecular formula is C23H27FN2O. The van der Waals surface area contributed by atoms with Gasteiger partial charge in [-0.1, -0.05) is 30.3 Å². The Morgan fingerprint density at radius 1 is 1.11 bits per heavy atom. The molecule has 2 heterocycles. The number of piperidine rings is 1. The molecule has 1 aliphatic rings. The molecule has 0 bridgehead atoms. The van der Waals surface area contributed by atoms with Crippen molar-refractivity contribution in [1.29, 1.82) is 0 Å². The van der Waals surface area contributed by atoms with E-state index in [-0.39, 0.29) is 17.8 Å². The lowest BCUT2D eigenvalue weighted by Gasteiger charge is -2.42. The third kappa shape index (κ3) is 3.78. The van der Waals surface area contributed by atoms with Crippen LogP contribution in [-0.4, -0.2) is 34.3 Å². The van der Waals surface area contributed by atoms with Crippen LogP contribution in [0.15, 0.2) is 54.7 Å². The molecule has 142 valence electrons. The van der Waals surface area contributed by atoms with E-state index < -0.39 is 0 Å². The van der Waals surface area contributed by atoms with Crippen molar-refractivity contribution in [2.24, 2.45) is 12.5 Å². The van der Waals surface area contributed by atoms with Crippen molar-refractivity contribution in [2.75, 3.05) is 19.7 Å². The lowest BCUT2D eigenvalue weighted by atomic mass is 9.75. The molecule has 1 aromatic heterocycles. The van der Waals surface area contributed by atoms with Gasteiger partial charge in [-0.2, -0.15) is 0 Å². The van der Waals surface area contributed by atoms with Gasteiger partial charge in [0.05, 0.1) is 6.61 Å². The maximum Gasteiger partial charge on any atom is 0.123 e. The first-order valence-corrected chi connectivity index (χ1v) is 9.69. The van der Waals surface area contributed by atoms with Gasteiger partial charge in [-0.25, -0.2) is 4.39 Å². The average molecular weight is 366 g/mol. The monoisotopic (exact) mass is 366 g/mol. The Morgan fingerprint density at radius 2 is 1.89 bits per heavy atom. The van der Waals surface area contributed by atoms with Crippen LogP contribution in [0.4, 0.5) is 4.39 Å². The summed E-state index contributed by atoms with van der Waals surface area (Å²) in [5.41, 5.74) is 3.53. The Hall–Kier alpha value is -2.17. The Balaban J connectivity index is 1.53. The molecule has 1 unspecified atom stereocenters. The van der Waals surface area contributed by atoms with E-state index in [0.717, 1.165) is 44.5 Å². The number of halogens is 1. The Morgan fingerprint density at radius 3 is 2.67 bits per heavy atom. The van der Waals surface area contributed by atoms with Crippen LogP contribution in [0.2, 0.25) is 0 Å². The molecule has 3 aromatic rings. The number of fused-ring (bicyclic) bond motifs is 1. The predicted molar refractivity (Wildman–Crippen MR) is 107 cm³/mol. The second-order valence-electron chi connectivity index (χ2n) is 8.06. The molecule has 0 saturated carbocycles. The number of benzene rings is 2. The fourth-order valence-electron chi connectivity index (χ4n) is 4.60. The molecule has 1 fully saturated rings. The lowest BCUT2D eigenvalue weighted by Crippen LogP contribution is -2.46. The zero-order chi connectivity index (χ0) is 18.9. The molecule has 2 aromatic carbocycles. The summed E-state index contributed by atoms with van der Waals surface area (Å²) in [6.07, 6.45) is 5.09. The van der Waals surface area contributed by atoms with Gasteiger partial charge in [0.25, 0.3) is 0 Å². The van der Waals surface area contributed by atoms with E-state index in [9.17, 15) is 9.50 Å². The van der Waals surface area contributed by atoms with Gasteiger partial charge in [0.2, 0.25) is 0 Å². The van der Waals surface area contributed by atoms with Crippen molar-refractivity contribution in [2.45, 2.75) is 25.8 Å². The number of likely N-dealkylation sites (tertiary alicyclic amines) is 1. The van der Waals surface area contributed by atoms with Gasteiger partial charge in [0, 0.05) is 42.7 Å². The largest absolute Gasteiger partial charge is 0.396 e. The third-order valence-electron chi connectivity index (χ3n) is 5.94. The van der Waals surface area contributed by atoms with E-state index in [2.05, 4.69) is 47.0 Å². The summed E-state index contributed by atoms with van der Waals surface area (Å²) in [6.45, 7) is 2.97. The zero-order valence-corrected chi connectivity index (χ0v) is 15.9. The molecule has 1 saturated heterocycles. The van der Waals surface area contributed by atoms with Crippen LogP contribution in [0.5, 0.6) is 0 Å². The lowest BCUT2D eigenvalue weighted by molar-refractivity contribution is 0.0290. The first-order chi connectivity index (χ1) is 13.1. The van der Waals surface area contributed by atoms with Gasteiger partial charge in [-0.3, -0.25) is 4.90 Å². The molecule has 27 heavy (non-hydrogen) atoms. The highest BCUT2D eigenvalue weighted by molar-refractivity contribution is 5.83. The van der Waals surface area contributed by atoms with E-state index in [1.54, 1.807) is 0 Å². The van der Waals surface area contributed by atoms with Crippen molar-refractivity contribution in [3.63, 3.8) is 0 Å². The average Bonchev–Trinajstić information content (AvgIpc) is 3.00. The molecule has 1 atom stereocenters. The number of rotatable bonds is 5. The van der Waals surface area contributed by atoms with Gasteiger partial charge in [-0.05, 0) is 55.1 Å². The summed E-state index contributed by atoms with van der Waals surface area (Å²) in [5, 5.41) is 11.5. The minimum Gasteiger partial charge on any atom is -0.396 e. The number of aliphatic hydroxyl groups is 1. The highest BCUT2D eigenvalue weighted by Crippen LogP contribution is 2.34. The van der Waals surface area contributed by atoms with Crippen molar-refractivity contribution < 1.29 is 9.50 Å². The van der Waals surface area contributed by atoms with Crippen LogP contribution < -0.4 is 0 Å². The number of para-hydroxylation sites is 1. The highest BCUT2D eigenvalue weighted by Gasteiger charge is 2.35. The number of hydrogen-bond donors (Lipinski definition) is 1. The fraction of sp³-hybridized carbons (Fsp3) is 0.391. The van der Waals surface area contributed by atoms with Gasteiger partial charge in [0.1, 0.15) is 5.82 Å². The first kappa shape index (κ1) is 18.2. The summed E-state index contributed by atoms with van der Waals surface area (Å²) in [5.74, 6) is -0.210. The summed E-state index contributed by atoms with van der Waals surface area (Å²) in [6, 6.07) is 15.2. The molecule has 0 aliphatic carbocycles. The Labute approximate surface area is 160 Å². The molecule has 0 amide bonds. The number of aliphatic hydroxyl groups excluding tert-OH is 1. The molecule has 0 spiro atoms. The maximum absolute atomic E-state index is 13.2. The summed E-state index contributed by atoms with van der Waals surface area (Å²) < 4.78 is 15.4. The van der Waals surface area contributed by atoms with Crippen molar-refractivity contribution in [3.8, 4) is 0 Å². The fourth-order valence-corrected chi connectivity index (χ4v) is 4.60. The van der Waals surface area contributed by atoms with E-state index in [4.69, 9.17) is 0 Å². The number of hydrogen-bond acceptors (Lipinski definition) is 2.